The van der Waals surface area contributed by atoms with Crippen LogP contribution in [0.4, 0.5) is 0 Å². The predicted octanol–water partition coefficient (Wildman–Crippen LogP) is 2.87. The summed E-state index contributed by atoms with van der Waals surface area (Å²) in [6.07, 6.45) is 6.58. The Labute approximate surface area is 111 Å². The van der Waals surface area contributed by atoms with Crippen LogP contribution in [0.2, 0.25) is 0 Å². The van der Waals surface area contributed by atoms with Crippen LogP contribution in [0.1, 0.15) is 15.9 Å². The zero-order valence-corrected chi connectivity index (χ0v) is 10.2. The van der Waals surface area contributed by atoms with Gasteiger partial charge in [0, 0.05) is 6.20 Å². The maximum Gasteiger partial charge on any atom is 0.337 e. The van der Waals surface area contributed by atoms with E-state index in [2.05, 4.69) is 4.98 Å². The van der Waals surface area contributed by atoms with Crippen molar-refractivity contribution in [3.05, 3.63) is 66.0 Å². The van der Waals surface area contributed by atoms with Crippen LogP contribution in [0, 0.1) is 0 Å². The first-order valence-corrected chi connectivity index (χ1v) is 5.78. The highest BCUT2D eigenvalue weighted by molar-refractivity contribution is 5.87. The minimum atomic E-state index is -1.02. The second-order valence-electron chi connectivity index (χ2n) is 3.84. The summed E-state index contributed by atoms with van der Waals surface area (Å²) in [6, 6.07) is 11.3. The molecule has 96 valence electrons. The standard InChI is InChI=1S/C15H13NO3/c17-15(18)13-9-14(11-16-10-13)19-8-4-7-12-5-2-1-3-6-12/h1-7,9-11H,8H2,(H,17,18). The lowest BCUT2D eigenvalue weighted by Gasteiger charge is -2.03. The van der Waals surface area contributed by atoms with Gasteiger partial charge in [-0.15, -0.1) is 0 Å². The summed E-state index contributed by atoms with van der Waals surface area (Å²) in [6.45, 7) is 0.361. The van der Waals surface area contributed by atoms with E-state index in [-0.39, 0.29) is 5.56 Å². The van der Waals surface area contributed by atoms with E-state index < -0.39 is 5.97 Å². The van der Waals surface area contributed by atoms with Gasteiger partial charge in [0.25, 0.3) is 0 Å². The van der Waals surface area contributed by atoms with E-state index in [1.807, 2.05) is 42.5 Å². The van der Waals surface area contributed by atoms with Gasteiger partial charge in [0.05, 0.1) is 11.8 Å². The van der Waals surface area contributed by atoms with Crippen LogP contribution in [-0.2, 0) is 0 Å². The molecule has 1 heterocycles. The van der Waals surface area contributed by atoms with Crippen molar-refractivity contribution in [2.75, 3.05) is 6.61 Å². The van der Waals surface area contributed by atoms with Crippen molar-refractivity contribution in [2.24, 2.45) is 0 Å². The Morgan fingerprint density at radius 2 is 2.05 bits per heavy atom. The Balaban J connectivity index is 1.91. The summed E-state index contributed by atoms with van der Waals surface area (Å²) in [7, 11) is 0. The predicted molar refractivity (Wildman–Crippen MR) is 72.2 cm³/mol. The molecule has 1 N–H and O–H groups in total. The smallest absolute Gasteiger partial charge is 0.337 e. The Morgan fingerprint density at radius 1 is 1.26 bits per heavy atom. The van der Waals surface area contributed by atoms with Gasteiger partial charge >= 0.3 is 5.97 Å². The fourth-order valence-corrected chi connectivity index (χ4v) is 1.51. The molecule has 0 amide bonds. The molecule has 0 saturated heterocycles. The quantitative estimate of drug-likeness (QED) is 0.892. The molecule has 2 aromatic rings. The van der Waals surface area contributed by atoms with E-state index in [1.165, 1.54) is 18.5 Å². The van der Waals surface area contributed by atoms with E-state index in [1.54, 1.807) is 0 Å². The number of hydrogen-bond donors (Lipinski definition) is 1. The number of carboxylic acids is 1. The third kappa shape index (κ3) is 3.96. The molecule has 0 saturated carbocycles. The van der Waals surface area contributed by atoms with Crippen molar-refractivity contribution >= 4 is 12.0 Å². The topological polar surface area (TPSA) is 59.4 Å². The highest BCUT2D eigenvalue weighted by Crippen LogP contribution is 2.11. The lowest BCUT2D eigenvalue weighted by atomic mass is 10.2. The van der Waals surface area contributed by atoms with Crippen LogP contribution in [-0.4, -0.2) is 22.7 Å². The molecule has 0 unspecified atom stereocenters. The van der Waals surface area contributed by atoms with Crippen LogP contribution in [0.3, 0.4) is 0 Å². The van der Waals surface area contributed by atoms with E-state index in [0.717, 1.165) is 5.56 Å². The number of aromatic nitrogens is 1. The van der Waals surface area contributed by atoms with Gasteiger partial charge < -0.3 is 9.84 Å². The van der Waals surface area contributed by atoms with Gasteiger partial charge in [-0.2, -0.15) is 0 Å². The normalized spacial score (nSPS) is 10.5. The number of hydrogen-bond acceptors (Lipinski definition) is 3. The fourth-order valence-electron chi connectivity index (χ4n) is 1.51. The van der Waals surface area contributed by atoms with Crippen LogP contribution in [0.25, 0.3) is 6.08 Å². The van der Waals surface area contributed by atoms with E-state index in [4.69, 9.17) is 9.84 Å². The molecule has 4 heteroatoms. The van der Waals surface area contributed by atoms with Crippen molar-refractivity contribution < 1.29 is 14.6 Å². The highest BCUT2D eigenvalue weighted by Gasteiger charge is 2.03. The van der Waals surface area contributed by atoms with Crippen molar-refractivity contribution in [1.82, 2.24) is 4.98 Å². The number of aromatic carboxylic acids is 1. The number of carboxylic acid groups (broad SMARTS) is 1. The van der Waals surface area contributed by atoms with Gasteiger partial charge in [0.1, 0.15) is 12.4 Å². The number of rotatable bonds is 5. The minimum absolute atomic E-state index is 0.115. The minimum Gasteiger partial charge on any atom is -0.488 e. The number of benzene rings is 1. The average molecular weight is 255 g/mol. The lowest BCUT2D eigenvalue weighted by Crippen LogP contribution is -1.99. The molecule has 0 aliphatic carbocycles. The lowest BCUT2D eigenvalue weighted by molar-refractivity contribution is 0.0696. The Morgan fingerprint density at radius 3 is 2.79 bits per heavy atom. The van der Waals surface area contributed by atoms with Gasteiger partial charge in [-0.05, 0) is 17.7 Å². The van der Waals surface area contributed by atoms with Crippen LogP contribution in [0.15, 0.2) is 54.9 Å². The summed E-state index contributed by atoms with van der Waals surface area (Å²) in [4.78, 5) is 14.6. The average Bonchev–Trinajstić information content (AvgIpc) is 2.45. The molecule has 1 aromatic carbocycles. The first kappa shape index (κ1) is 12.8. The van der Waals surface area contributed by atoms with Crippen LogP contribution in [0.5, 0.6) is 5.75 Å². The molecule has 19 heavy (non-hydrogen) atoms. The van der Waals surface area contributed by atoms with Gasteiger partial charge in [-0.25, -0.2) is 4.79 Å². The van der Waals surface area contributed by atoms with E-state index in [0.29, 0.717) is 12.4 Å². The zero-order chi connectivity index (χ0) is 13.5. The van der Waals surface area contributed by atoms with Gasteiger partial charge in [-0.1, -0.05) is 36.4 Å². The molecular formula is C15H13NO3. The maximum absolute atomic E-state index is 10.8. The monoisotopic (exact) mass is 255 g/mol. The molecule has 4 nitrogen and oxygen atoms in total. The van der Waals surface area contributed by atoms with Crippen molar-refractivity contribution in [3.8, 4) is 5.75 Å². The molecule has 2 rings (SSSR count). The molecular weight excluding hydrogens is 242 g/mol. The first-order chi connectivity index (χ1) is 9.25. The largest absolute Gasteiger partial charge is 0.488 e. The van der Waals surface area contributed by atoms with Crippen molar-refractivity contribution in [3.63, 3.8) is 0 Å². The molecule has 0 bridgehead atoms. The Hall–Kier alpha value is -2.62. The summed E-state index contributed by atoms with van der Waals surface area (Å²) >= 11 is 0. The first-order valence-electron chi connectivity index (χ1n) is 5.78. The number of nitrogens with zero attached hydrogens (tertiary/aromatic N) is 1. The summed E-state index contributed by atoms with van der Waals surface area (Å²) in [5.74, 6) is -0.574. The van der Waals surface area contributed by atoms with Crippen molar-refractivity contribution in [1.29, 1.82) is 0 Å². The zero-order valence-electron chi connectivity index (χ0n) is 10.2. The van der Waals surface area contributed by atoms with Gasteiger partial charge in [0.2, 0.25) is 0 Å². The summed E-state index contributed by atoms with van der Waals surface area (Å²) in [5.41, 5.74) is 1.20. The van der Waals surface area contributed by atoms with Crippen molar-refractivity contribution in [2.45, 2.75) is 0 Å². The van der Waals surface area contributed by atoms with E-state index in [9.17, 15) is 4.79 Å². The van der Waals surface area contributed by atoms with Crippen LogP contribution < -0.4 is 4.74 Å². The third-order valence-electron chi connectivity index (χ3n) is 2.42. The molecule has 0 atom stereocenters. The molecule has 0 fully saturated rings. The van der Waals surface area contributed by atoms with Crippen LogP contribution >= 0.6 is 0 Å². The van der Waals surface area contributed by atoms with E-state index >= 15 is 0 Å². The fraction of sp³-hybridized carbons (Fsp3) is 0.0667. The SMILES string of the molecule is O=C(O)c1cncc(OCC=Cc2ccccc2)c1. The second kappa shape index (κ2) is 6.35. The number of ether oxygens (including phenoxy) is 1. The third-order valence-corrected chi connectivity index (χ3v) is 2.42. The molecule has 0 aliphatic heterocycles. The molecule has 0 spiro atoms. The highest BCUT2D eigenvalue weighted by atomic mass is 16.5. The molecule has 1 aromatic heterocycles. The number of carbonyl (C=O) groups is 1. The molecule has 0 aliphatic rings. The Kier molecular flexibility index (Phi) is 4.29. The summed E-state index contributed by atoms with van der Waals surface area (Å²) in [5, 5.41) is 8.82. The summed E-state index contributed by atoms with van der Waals surface area (Å²) < 4.78 is 5.41. The van der Waals surface area contributed by atoms with Gasteiger partial charge in [-0.3, -0.25) is 4.98 Å². The second-order valence-corrected chi connectivity index (χ2v) is 3.84. The molecule has 0 radical (unpaired) electrons. The maximum atomic E-state index is 10.8. The Bertz CT molecular complexity index is 579. The van der Waals surface area contributed by atoms with Gasteiger partial charge in [0.15, 0.2) is 0 Å². The number of pyridine rings is 1.